The van der Waals surface area contributed by atoms with Crippen molar-refractivity contribution < 1.29 is 13.5 Å². The Kier molecular flexibility index (Phi) is 5.62. The fourth-order valence-corrected chi connectivity index (χ4v) is 2.80. The lowest BCUT2D eigenvalue weighted by molar-refractivity contribution is 0.299. The second kappa shape index (κ2) is 6.75. The summed E-state index contributed by atoms with van der Waals surface area (Å²) in [4.78, 5) is 0. The molecule has 0 fully saturated rings. The van der Waals surface area contributed by atoms with E-state index in [1.807, 2.05) is 31.2 Å². The highest BCUT2D eigenvalue weighted by Gasteiger charge is 2.13. The SMILES string of the molecule is CCS(=O)(=O)CC(C)Nc1ccc(CCO)cc1. The van der Waals surface area contributed by atoms with Gasteiger partial charge in [-0.1, -0.05) is 19.1 Å². The standard InChI is InChI=1S/C13H21NO3S/c1-3-18(16,17)10-11(2)14-13-6-4-12(5-7-13)8-9-15/h4-7,11,14-15H,3,8-10H2,1-2H3. The number of aliphatic hydroxyl groups excluding tert-OH is 1. The Bertz CT molecular complexity index is 454. The summed E-state index contributed by atoms with van der Waals surface area (Å²) in [6, 6.07) is 7.55. The van der Waals surface area contributed by atoms with E-state index in [1.165, 1.54) is 0 Å². The van der Waals surface area contributed by atoms with Gasteiger partial charge in [-0.3, -0.25) is 0 Å². The van der Waals surface area contributed by atoms with Crippen molar-refractivity contribution in [3.05, 3.63) is 29.8 Å². The van der Waals surface area contributed by atoms with Crippen molar-refractivity contribution in [1.82, 2.24) is 0 Å². The summed E-state index contributed by atoms with van der Waals surface area (Å²) in [5, 5.41) is 12.0. The first-order valence-corrected chi connectivity index (χ1v) is 7.95. The summed E-state index contributed by atoms with van der Waals surface area (Å²) in [6.45, 7) is 3.65. The number of anilines is 1. The average molecular weight is 271 g/mol. The van der Waals surface area contributed by atoms with Crippen molar-refractivity contribution in [2.24, 2.45) is 0 Å². The van der Waals surface area contributed by atoms with Gasteiger partial charge < -0.3 is 10.4 Å². The first kappa shape index (κ1) is 15.0. The van der Waals surface area contributed by atoms with E-state index in [0.29, 0.717) is 6.42 Å². The molecule has 0 bridgehead atoms. The molecule has 0 heterocycles. The van der Waals surface area contributed by atoms with Crippen LogP contribution in [0.1, 0.15) is 19.4 Å². The zero-order chi connectivity index (χ0) is 13.6. The molecule has 4 nitrogen and oxygen atoms in total. The molecule has 102 valence electrons. The summed E-state index contributed by atoms with van der Waals surface area (Å²) in [5.74, 6) is 0.316. The molecule has 1 aromatic rings. The van der Waals surface area contributed by atoms with Gasteiger partial charge in [0.15, 0.2) is 9.84 Å². The summed E-state index contributed by atoms with van der Waals surface area (Å²) in [5.41, 5.74) is 1.97. The number of hydrogen-bond donors (Lipinski definition) is 2. The molecule has 5 heteroatoms. The van der Waals surface area contributed by atoms with E-state index in [9.17, 15) is 8.42 Å². The zero-order valence-corrected chi connectivity index (χ0v) is 11.7. The molecule has 0 radical (unpaired) electrons. The summed E-state index contributed by atoms with van der Waals surface area (Å²) < 4.78 is 22.9. The van der Waals surface area contributed by atoms with E-state index in [1.54, 1.807) is 6.92 Å². The van der Waals surface area contributed by atoms with Gasteiger partial charge in [0.2, 0.25) is 0 Å². The average Bonchev–Trinajstić information content (AvgIpc) is 2.31. The monoisotopic (exact) mass is 271 g/mol. The smallest absolute Gasteiger partial charge is 0.152 e. The zero-order valence-electron chi connectivity index (χ0n) is 10.9. The van der Waals surface area contributed by atoms with Crippen LogP contribution in [-0.2, 0) is 16.3 Å². The van der Waals surface area contributed by atoms with E-state index in [4.69, 9.17) is 5.11 Å². The van der Waals surface area contributed by atoms with E-state index in [0.717, 1.165) is 11.3 Å². The van der Waals surface area contributed by atoms with Crippen molar-refractivity contribution in [2.45, 2.75) is 26.3 Å². The number of sulfone groups is 1. The predicted molar refractivity (Wildman–Crippen MR) is 74.6 cm³/mol. The van der Waals surface area contributed by atoms with Crippen LogP contribution < -0.4 is 5.32 Å². The van der Waals surface area contributed by atoms with Crippen LogP contribution in [0.5, 0.6) is 0 Å². The second-order valence-corrected chi connectivity index (χ2v) is 6.81. The Morgan fingerprint density at radius 2 is 1.89 bits per heavy atom. The first-order chi connectivity index (χ1) is 8.46. The van der Waals surface area contributed by atoms with E-state index in [2.05, 4.69) is 5.32 Å². The molecule has 0 aliphatic carbocycles. The Labute approximate surface area is 109 Å². The Balaban J connectivity index is 2.57. The van der Waals surface area contributed by atoms with E-state index in [-0.39, 0.29) is 24.2 Å². The van der Waals surface area contributed by atoms with Gasteiger partial charge in [0, 0.05) is 24.1 Å². The van der Waals surface area contributed by atoms with Gasteiger partial charge in [0.25, 0.3) is 0 Å². The molecular formula is C13H21NO3S. The van der Waals surface area contributed by atoms with Crippen LogP contribution in [0.4, 0.5) is 5.69 Å². The topological polar surface area (TPSA) is 66.4 Å². The molecule has 0 aromatic heterocycles. The first-order valence-electron chi connectivity index (χ1n) is 6.13. The summed E-state index contributed by atoms with van der Waals surface area (Å²) in [6.07, 6.45) is 0.639. The number of aliphatic hydroxyl groups is 1. The van der Waals surface area contributed by atoms with Crippen LogP contribution in [-0.4, -0.2) is 37.7 Å². The third kappa shape index (κ3) is 5.06. The van der Waals surface area contributed by atoms with Crippen LogP contribution >= 0.6 is 0 Å². The van der Waals surface area contributed by atoms with Gasteiger partial charge >= 0.3 is 0 Å². The molecule has 1 atom stereocenters. The van der Waals surface area contributed by atoms with Gasteiger partial charge in [-0.15, -0.1) is 0 Å². The summed E-state index contributed by atoms with van der Waals surface area (Å²) >= 11 is 0. The fraction of sp³-hybridized carbons (Fsp3) is 0.538. The molecule has 1 rings (SSSR count). The van der Waals surface area contributed by atoms with Gasteiger partial charge in [0.1, 0.15) is 0 Å². The molecule has 0 saturated carbocycles. The molecule has 0 amide bonds. The van der Waals surface area contributed by atoms with Crippen LogP contribution in [0.2, 0.25) is 0 Å². The lowest BCUT2D eigenvalue weighted by Gasteiger charge is -2.15. The molecule has 0 saturated heterocycles. The molecule has 18 heavy (non-hydrogen) atoms. The Hall–Kier alpha value is -1.07. The number of benzene rings is 1. The van der Waals surface area contributed by atoms with Crippen LogP contribution in [0.25, 0.3) is 0 Å². The maximum atomic E-state index is 11.5. The second-order valence-electron chi connectivity index (χ2n) is 4.41. The maximum Gasteiger partial charge on any atom is 0.152 e. The van der Waals surface area contributed by atoms with Crippen LogP contribution in [0.3, 0.4) is 0 Å². The minimum Gasteiger partial charge on any atom is -0.396 e. The van der Waals surface area contributed by atoms with Crippen LogP contribution in [0, 0.1) is 0 Å². The quantitative estimate of drug-likeness (QED) is 0.788. The number of rotatable bonds is 7. The molecule has 2 N–H and O–H groups in total. The van der Waals surface area contributed by atoms with Crippen molar-refractivity contribution in [2.75, 3.05) is 23.4 Å². The van der Waals surface area contributed by atoms with Crippen molar-refractivity contribution in [1.29, 1.82) is 0 Å². The molecule has 1 aromatic carbocycles. The Morgan fingerprint density at radius 1 is 1.28 bits per heavy atom. The lowest BCUT2D eigenvalue weighted by atomic mass is 10.1. The number of nitrogens with one attached hydrogen (secondary N) is 1. The maximum absolute atomic E-state index is 11.5. The molecule has 0 aliphatic heterocycles. The third-order valence-corrected chi connectivity index (χ3v) is 4.60. The minimum absolute atomic E-state index is 0.112. The summed E-state index contributed by atoms with van der Waals surface area (Å²) in [7, 11) is -2.95. The van der Waals surface area contributed by atoms with Gasteiger partial charge in [-0.25, -0.2) is 8.42 Å². The highest BCUT2D eigenvalue weighted by atomic mass is 32.2. The molecule has 1 unspecified atom stereocenters. The van der Waals surface area contributed by atoms with E-state index >= 15 is 0 Å². The predicted octanol–water partition coefficient (Wildman–Crippen LogP) is 1.46. The van der Waals surface area contributed by atoms with E-state index < -0.39 is 9.84 Å². The van der Waals surface area contributed by atoms with Crippen molar-refractivity contribution in [3.8, 4) is 0 Å². The lowest BCUT2D eigenvalue weighted by Crippen LogP contribution is -2.26. The van der Waals surface area contributed by atoms with Gasteiger partial charge in [-0.05, 0) is 31.0 Å². The largest absolute Gasteiger partial charge is 0.396 e. The molecule has 0 aliphatic rings. The normalized spacial score (nSPS) is 13.3. The number of hydrogen-bond acceptors (Lipinski definition) is 4. The van der Waals surface area contributed by atoms with Gasteiger partial charge in [0.05, 0.1) is 5.75 Å². The fourth-order valence-electron chi connectivity index (χ4n) is 1.72. The molecular weight excluding hydrogens is 250 g/mol. The minimum atomic E-state index is -2.95. The highest BCUT2D eigenvalue weighted by molar-refractivity contribution is 7.91. The van der Waals surface area contributed by atoms with Crippen LogP contribution in [0.15, 0.2) is 24.3 Å². The van der Waals surface area contributed by atoms with Crippen molar-refractivity contribution in [3.63, 3.8) is 0 Å². The third-order valence-electron chi connectivity index (χ3n) is 2.71. The van der Waals surface area contributed by atoms with Crippen molar-refractivity contribution >= 4 is 15.5 Å². The Morgan fingerprint density at radius 3 is 2.39 bits per heavy atom. The van der Waals surface area contributed by atoms with Gasteiger partial charge in [-0.2, -0.15) is 0 Å². The highest BCUT2D eigenvalue weighted by Crippen LogP contribution is 2.12. The molecule has 0 spiro atoms.